The highest BCUT2D eigenvalue weighted by atomic mass is 32.2. The molecule has 2 rings (SSSR count). The summed E-state index contributed by atoms with van der Waals surface area (Å²) in [6.07, 6.45) is 4.54. The smallest absolute Gasteiger partial charge is 0.312 e. The van der Waals surface area contributed by atoms with Crippen LogP contribution in [0.4, 0.5) is 0 Å². The number of esters is 1. The Balaban J connectivity index is 1.97. The summed E-state index contributed by atoms with van der Waals surface area (Å²) in [5.74, 6) is -0.0499. The Kier molecular flexibility index (Phi) is 7.59. The zero-order valence-corrected chi connectivity index (χ0v) is 15.9. The monoisotopic (exact) mass is 351 g/mol. The fraction of sp³-hybridized carbons (Fsp3) is 0.632. The van der Waals surface area contributed by atoms with Gasteiger partial charge in [-0.1, -0.05) is 12.1 Å². The average molecular weight is 352 g/mol. The minimum atomic E-state index is -0.371. The molecular weight excluding hydrogens is 322 g/mol. The van der Waals surface area contributed by atoms with Crippen LogP contribution in [0.25, 0.3) is 0 Å². The van der Waals surface area contributed by atoms with Crippen LogP contribution in [0.2, 0.25) is 0 Å². The van der Waals surface area contributed by atoms with E-state index in [1.54, 1.807) is 18.9 Å². The van der Waals surface area contributed by atoms with E-state index in [-0.39, 0.29) is 11.4 Å². The highest BCUT2D eigenvalue weighted by Gasteiger charge is 2.42. The lowest BCUT2D eigenvalue weighted by atomic mass is 9.75. The summed E-state index contributed by atoms with van der Waals surface area (Å²) in [7, 11) is 1.69. The van der Waals surface area contributed by atoms with Crippen LogP contribution in [0.3, 0.4) is 0 Å². The normalized spacial score (nSPS) is 17.6. The van der Waals surface area contributed by atoms with Crippen LogP contribution in [-0.2, 0) is 20.8 Å². The molecule has 0 radical (unpaired) electrons. The fourth-order valence-corrected chi connectivity index (χ4v) is 3.79. The molecule has 0 saturated carbocycles. The van der Waals surface area contributed by atoms with Gasteiger partial charge in [-0.3, -0.25) is 9.69 Å². The first kappa shape index (κ1) is 19.3. The molecule has 0 N–H and O–H groups in total. The van der Waals surface area contributed by atoms with Gasteiger partial charge in [0.15, 0.2) is 0 Å². The van der Waals surface area contributed by atoms with Crippen LogP contribution < -0.4 is 0 Å². The van der Waals surface area contributed by atoms with Crippen molar-refractivity contribution in [2.24, 2.45) is 5.41 Å². The van der Waals surface area contributed by atoms with Gasteiger partial charge in [-0.05, 0) is 63.2 Å². The second-order valence-corrected chi connectivity index (χ2v) is 7.25. The molecule has 0 amide bonds. The molecule has 1 heterocycles. The Morgan fingerprint density at radius 1 is 1.33 bits per heavy atom. The number of hydrogen-bond donors (Lipinski definition) is 0. The Morgan fingerprint density at radius 2 is 2.08 bits per heavy atom. The minimum Gasteiger partial charge on any atom is -0.466 e. The molecule has 134 valence electrons. The maximum Gasteiger partial charge on any atom is 0.312 e. The van der Waals surface area contributed by atoms with E-state index in [2.05, 4.69) is 35.4 Å². The largest absolute Gasteiger partial charge is 0.466 e. The number of methoxy groups -OCH3 is 1. The van der Waals surface area contributed by atoms with Crippen molar-refractivity contribution in [1.29, 1.82) is 0 Å². The molecule has 0 unspecified atom stereocenters. The van der Waals surface area contributed by atoms with Gasteiger partial charge in [0.2, 0.25) is 0 Å². The van der Waals surface area contributed by atoms with Crippen LogP contribution in [0, 0.1) is 5.41 Å². The Labute approximate surface area is 149 Å². The van der Waals surface area contributed by atoms with Gasteiger partial charge in [-0.25, -0.2) is 0 Å². The first-order valence-electron chi connectivity index (χ1n) is 8.65. The summed E-state index contributed by atoms with van der Waals surface area (Å²) < 4.78 is 10.6. The van der Waals surface area contributed by atoms with Gasteiger partial charge in [0.1, 0.15) is 0 Å². The van der Waals surface area contributed by atoms with Crippen molar-refractivity contribution >= 4 is 17.7 Å². The SMILES string of the molecule is CCOC(=O)C1(CCOC)CCN(Cc2cccc(SC)c2)CC1. The molecule has 1 aromatic rings. The van der Waals surface area contributed by atoms with Crippen molar-refractivity contribution in [3.05, 3.63) is 29.8 Å². The van der Waals surface area contributed by atoms with Gasteiger partial charge in [-0.2, -0.15) is 0 Å². The van der Waals surface area contributed by atoms with Crippen LogP contribution in [0.15, 0.2) is 29.2 Å². The molecule has 1 aromatic carbocycles. The van der Waals surface area contributed by atoms with Crippen LogP contribution in [0.5, 0.6) is 0 Å². The maximum atomic E-state index is 12.5. The molecule has 1 saturated heterocycles. The zero-order chi connectivity index (χ0) is 17.4. The number of thioether (sulfide) groups is 1. The predicted octanol–water partition coefficient (Wildman–Crippen LogP) is 3.59. The quantitative estimate of drug-likeness (QED) is 0.529. The molecule has 24 heavy (non-hydrogen) atoms. The van der Waals surface area contributed by atoms with Crippen molar-refractivity contribution in [2.75, 3.05) is 39.7 Å². The molecule has 0 aromatic heterocycles. The summed E-state index contributed by atoms with van der Waals surface area (Å²) in [5, 5.41) is 0. The number of rotatable bonds is 8. The second kappa shape index (κ2) is 9.44. The molecule has 4 nitrogen and oxygen atoms in total. The van der Waals surface area contributed by atoms with E-state index in [0.29, 0.717) is 13.2 Å². The molecule has 0 spiro atoms. The van der Waals surface area contributed by atoms with Crippen molar-refractivity contribution in [2.45, 2.75) is 37.6 Å². The average Bonchev–Trinajstić information content (AvgIpc) is 2.61. The van der Waals surface area contributed by atoms with E-state index in [9.17, 15) is 4.79 Å². The number of benzene rings is 1. The highest BCUT2D eigenvalue weighted by molar-refractivity contribution is 7.98. The number of hydrogen-bond acceptors (Lipinski definition) is 5. The Bertz CT molecular complexity index is 527. The summed E-state index contributed by atoms with van der Waals surface area (Å²) in [4.78, 5) is 16.2. The number of carbonyl (C=O) groups is 1. The molecule has 5 heteroatoms. The number of carbonyl (C=O) groups excluding carboxylic acids is 1. The molecule has 0 bridgehead atoms. The van der Waals surface area contributed by atoms with E-state index in [1.807, 2.05) is 6.92 Å². The Hall–Kier alpha value is -1.04. The summed E-state index contributed by atoms with van der Waals surface area (Å²) in [6.45, 7) is 5.71. The third kappa shape index (κ3) is 4.98. The maximum absolute atomic E-state index is 12.5. The molecular formula is C19H29NO3S. The summed E-state index contributed by atoms with van der Waals surface area (Å²) in [5.41, 5.74) is 0.964. The predicted molar refractivity (Wildman–Crippen MR) is 98.3 cm³/mol. The number of nitrogens with zero attached hydrogens (tertiary/aromatic N) is 1. The van der Waals surface area contributed by atoms with Crippen molar-refractivity contribution < 1.29 is 14.3 Å². The van der Waals surface area contributed by atoms with E-state index < -0.39 is 0 Å². The lowest BCUT2D eigenvalue weighted by Crippen LogP contribution is -2.45. The number of ether oxygens (including phenoxy) is 2. The van der Waals surface area contributed by atoms with Crippen LogP contribution in [0.1, 0.15) is 31.7 Å². The van der Waals surface area contributed by atoms with Gasteiger partial charge < -0.3 is 9.47 Å². The van der Waals surface area contributed by atoms with Crippen LogP contribution in [-0.4, -0.2) is 50.5 Å². The fourth-order valence-electron chi connectivity index (χ4n) is 3.31. The first-order valence-corrected chi connectivity index (χ1v) is 9.87. The highest BCUT2D eigenvalue weighted by Crippen LogP contribution is 2.37. The van der Waals surface area contributed by atoms with E-state index in [1.165, 1.54) is 10.5 Å². The van der Waals surface area contributed by atoms with Gasteiger partial charge in [-0.15, -0.1) is 11.8 Å². The van der Waals surface area contributed by atoms with Gasteiger partial charge >= 0.3 is 5.97 Å². The first-order chi connectivity index (χ1) is 11.6. The van der Waals surface area contributed by atoms with Gasteiger partial charge in [0.25, 0.3) is 0 Å². The standard InChI is InChI=1S/C19H29NO3S/c1-4-23-18(21)19(10-13-22-2)8-11-20(12-9-19)15-16-6-5-7-17(14-16)24-3/h5-7,14H,4,8-13,15H2,1-3H3. The summed E-state index contributed by atoms with van der Waals surface area (Å²) in [6, 6.07) is 8.69. The van der Waals surface area contributed by atoms with Gasteiger partial charge in [0, 0.05) is 25.2 Å². The van der Waals surface area contributed by atoms with E-state index in [4.69, 9.17) is 9.47 Å². The molecule has 1 fully saturated rings. The zero-order valence-electron chi connectivity index (χ0n) is 15.0. The van der Waals surface area contributed by atoms with Crippen molar-refractivity contribution in [1.82, 2.24) is 4.90 Å². The third-order valence-corrected chi connectivity index (χ3v) is 5.57. The van der Waals surface area contributed by atoms with E-state index in [0.717, 1.165) is 38.9 Å². The minimum absolute atomic E-state index is 0.0499. The summed E-state index contributed by atoms with van der Waals surface area (Å²) >= 11 is 1.77. The third-order valence-electron chi connectivity index (χ3n) is 4.85. The number of likely N-dealkylation sites (tertiary alicyclic amines) is 1. The molecule has 0 atom stereocenters. The van der Waals surface area contributed by atoms with Gasteiger partial charge in [0.05, 0.1) is 12.0 Å². The molecule has 0 aliphatic carbocycles. The van der Waals surface area contributed by atoms with E-state index >= 15 is 0 Å². The number of piperidine rings is 1. The lowest BCUT2D eigenvalue weighted by Gasteiger charge is -2.40. The lowest BCUT2D eigenvalue weighted by molar-refractivity contribution is -0.160. The Morgan fingerprint density at radius 3 is 2.71 bits per heavy atom. The topological polar surface area (TPSA) is 38.8 Å². The second-order valence-electron chi connectivity index (χ2n) is 6.37. The van der Waals surface area contributed by atoms with Crippen LogP contribution >= 0.6 is 11.8 Å². The van der Waals surface area contributed by atoms with Crippen molar-refractivity contribution in [3.63, 3.8) is 0 Å². The molecule has 1 aliphatic rings. The van der Waals surface area contributed by atoms with Crippen molar-refractivity contribution in [3.8, 4) is 0 Å². The molecule has 1 aliphatic heterocycles.